The lowest BCUT2D eigenvalue weighted by atomic mass is 9.95. The largest absolute Gasteiger partial charge is 0.497 e. The molecule has 1 aliphatic rings. The summed E-state index contributed by atoms with van der Waals surface area (Å²) in [6.45, 7) is 0. The predicted octanol–water partition coefficient (Wildman–Crippen LogP) is 2.66. The van der Waals surface area contributed by atoms with Crippen molar-refractivity contribution in [2.45, 2.75) is 18.6 Å². The molecular formula is C16H17NO4. The average molecular weight is 287 g/mol. The lowest BCUT2D eigenvalue weighted by molar-refractivity contribution is 0.0652. The molecule has 0 bridgehead atoms. The van der Waals surface area contributed by atoms with Gasteiger partial charge in [0.25, 0.3) is 0 Å². The summed E-state index contributed by atoms with van der Waals surface area (Å²) in [5.41, 5.74) is 1.67. The fraction of sp³-hybridized carbons (Fsp3) is 0.312. The molecule has 21 heavy (non-hydrogen) atoms. The highest BCUT2D eigenvalue weighted by molar-refractivity contribution is 5.43. The summed E-state index contributed by atoms with van der Waals surface area (Å²) in [5, 5.41) is 10.3. The molecule has 0 amide bonds. The molecule has 1 aromatic heterocycles. The van der Waals surface area contributed by atoms with Gasteiger partial charge >= 0.3 is 0 Å². The molecule has 0 saturated heterocycles. The molecule has 2 aromatic rings. The van der Waals surface area contributed by atoms with Crippen molar-refractivity contribution < 1.29 is 19.3 Å². The molecule has 3 rings (SSSR count). The van der Waals surface area contributed by atoms with Crippen LogP contribution in [0.25, 0.3) is 0 Å². The Morgan fingerprint density at radius 2 is 2.05 bits per heavy atom. The highest BCUT2D eigenvalue weighted by Gasteiger charge is 2.28. The summed E-state index contributed by atoms with van der Waals surface area (Å²) >= 11 is 0. The van der Waals surface area contributed by atoms with Gasteiger partial charge in [-0.15, -0.1) is 0 Å². The second kappa shape index (κ2) is 5.61. The molecule has 1 N–H and O–H groups in total. The molecule has 1 aliphatic heterocycles. The van der Waals surface area contributed by atoms with E-state index in [2.05, 4.69) is 4.98 Å². The number of benzene rings is 1. The molecule has 2 atom stereocenters. The monoisotopic (exact) mass is 287 g/mol. The van der Waals surface area contributed by atoms with Crippen molar-refractivity contribution in [2.75, 3.05) is 14.2 Å². The first-order chi connectivity index (χ1) is 10.2. The van der Waals surface area contributed by atoms with E-state index in [4.69, 9.17) is 14.2 Å². The first kappa shape index (κ1) is 13.7. The van der Waals surface area contributed by atoms with Gasteiger partial charge in [-0.1, -0.05) is 0 Å². The Kier molecular flexibility index (Phi) is 3.66. The van der Waals surface area contributed by atoms with Gasteiger partial charge < -0.3 is 19.3 Å². The number of fused-ring (bicyclic) bond motifs is 1. The van der Waals surface area contributed by atoms with Crippen molar-refractivity contribution in [3.63, 3.8) is 0 Å². The Bertz CT molecular complexity index is 627. The van der Waals surface area contributed by atoms with E-state index in [9.17, 15) is 5.11 Å². The summed E-state index contributed by atoms with van der Waals surface area (Å²) in [6, 6.07) is 9.13. The lowest BCUT2D eigenvalue weighted by Crippen LogP contribution is -2.19. The van der Waals surface area contributed by atoms with E-state index in [1.54, 1.807) is 26.5 Å². The van der Waals surface area contributed by atoms with E-state index in [-0.39, 0.29) is 6.10 Å². The molecule has 0 saturated carbocycles. The van der Waals surface area contributed by atoms with Crippen LogP contribution in [0.4, 0.5) is 0 Å². The van der Waals surface area contributed by atoms with Gasteiger partial charge in [0.2, 0.25) is 5.88 Å². The summed E-state index contributed by atoms with van der Waals surface area (Å²) in [7, 11) is 3.18. The Labute approximate surface area is 123 Å². The standard InChI is InChI=1S/C16H17NO4/c1-19-11-4-5-14-12(7-11)13(18)8-15(21-14)10-3-6-16(20-2)17-9-10/h3-7,9,13,15,18H,8H2,1-2H3/t13-,15?/m1/s1. The van der Waals surface area contributed by atoms with E-state index in [1.807, 2.05) is 24.3 Å². The first-order valence-electron chi connectivity index (χ1n) is 6.74. The third-order valence-electron chi connectivity index (χ3n) is 3.62. The number of rotatable bonds is 3. The molecule has 1 unspecified atom stereocenters. The zero-order chi connectivity index (χ0) is 14.8. The van der Waals surface area contributed by atoms with Crippen molar-refractivity contribution in [3.05, 3.63) is 47.7 Å². The van der Waals surface area contributed by atoms with Gasteiger partial charge in [0.1, 0.15) is 17.6 Å². The van der Waals surface area contributed by atoms with Crippen molar-refractivity contribution in [2.24, 2.45) is 0 Å². The number of aliphatic hydroxyl groups excluding tert-OH is 1. The fourth-order valence-electron chi connectivity index (χ4n) is 2.46. The highest BCUT2D eigenvalue weighted by Crippen LogP contribution is 2.42. The number of nitrogens with zero attached hydrogens (tertiary/aromatic N) is 1. The fourth-order valence-corrected chi connectivity index (χ4v) is 2.46. The zero-order valence-corrected chi connectivity index (χ0v) is 11.9. The number of methoxy groups -OCH3 is 2. The maximum absolute atomic E-state index is 10.3. The number of pyridine rings is 1. The maximum Gasteiger partial charge on any atom is 0.212 e. The Balaban J connectivity index is 1.87. The number of ether oxygens (including phenoxy) is 3. The summed E-state index contributed by atoms with van der Waals surface area (Å²) in [5.74, 6) is 1.94. The molecule has 5 nitrogen and oxygen atoms in total. The molecule has 5 heteroatoms. The van der Waals surface area contributed by atoms with Crippen molar-refractivity contribution in [1.29, 1.82) is 0 Å². The van der Waals surface area contributed by atoms with Gasteiger partial charge in [-0.05, 0) is 24.3 Å². The number of aliphatic hydroxyl groups is 1. The van der Waals surface area contributed by atoms with E-state index in [0.29, 0.717) is 23.8 Å². The number of hydrogen-bond acceptors (Lipinski definition) is 5. The van der Waals surface area contributed by atoms with Gasteiger partial charge in [-0.25, -0.2) is 4.98 Å². The van der Waals surface area contributed by atoms with Crippen molar-refractivity contribution in [1.82, 2.24) is 4.98 Å². The van der Waals surface area contributed by atoms with Gasteiger partial charge in [-0.3, -0.25) is 0 Å². The van der Waals surface area contributed by atoms with Crippen LogP contribution in [0.3, 0.4) is 0 Å². The molecule has 0 fully saturated rings. The molecule has 0 aliphatic carbocycles. The molecule has 1 aromatic carbocycles. The third-order valence-corrected chi connectivity index (χ3v) is 3.62. The molecule has 0 radical (unpaired) electrons. The number of aromatic nitrogens is 1. The van der Waals surface area contributed by atoms with Crippen LogP contribution in [0.2, 0.25) is 0 Å². The molecule has 0 spiro atoms. The van der Waals surface area contributed by atoms with Crippen LogP contribution < -0.4 is 14.2 Å². The summed E-state index contributed by atoms with van der Waals surface area (Å²) in [6.07, 6.45) is 1.38. The van der Waals surface area contributed by atoms with Crippen LogP contribution in [0.1, 0.15) is 29.8 Å². The van der Waals surface area contributed by atoms with Crippen LogP contribution in [-0.4, -0.2) is 24.3 Å². The SMILES string of the molecule is COc1ccc2c(c1)[C@H](O)CC(c1ccc(OC)nc1)O2. The van der Waals surface area contributed by atoms with Crippen LogP contribution in [0, 0.1) is 0 Å². The third kappa shape index (κ3) is 2.64. The quantitative estimate of drug-likeness (QED) is 0.940. The average Bonchev–Trinajstić information content (AvgIpc) is 2.54. The van der Waals surface area contributed by atoms with Crippen LogP contribution in [0.5, 0.6) is 17.4 Å². The normalized spacial score (nSPS) is 20.3. The lowest BCUT2D eigenvalue weighted by Gasteiger charge is -2.30. The van der Waals surface area contributed by atoms with Gasteiger partial charge in [0.15, 0.2) is 0 Å². The molecule has 110 valence electrons. The van der Waals surface area contributed by atoms with E-state index in [0.717, 1.165) is 11.1 Å². The zero-order valence-electron chi connectivity index (χ0n) is 11.9. The highest BCUT2D eigenvalue weighted by atomic mass is 16.5. The maximum atomic E-state index is 10.3. The van der Waals surface area contributed by atoms with Gasteiger partial charge in [-0.2, -0.15) is 0 Å². The van der Waals surface area contributed by atoms with E-state index < -0.39 is 6.10 Å². The predicted molar refractivity (Wildman–Crippen MR) is 76.7 cm³/mol. The minimum absolute atomic E-state index is 0.223. The van der Waals surface area contributed by atoms with Gasteiger partial charge in [0.05, 0.1) is 20.3 Å². The second-order valence-corrected chi connectivity index (χ2v) is 4.90. The Hall–Kier alpha value is -2.27. The van der Waals surface area contributed by atoms with Gasteiger partial charge in [0, 0.05) is 29.8 Å². The van der Waals surface area contributed by atoms with Crippen LogP contribution >= 0.6 is 0 Å². The first-order valence-corrected chi connectivity index (χ1v) is 6.74. The van der Waals surface area contributed by atoms with Crippen LogP contribution in [-0.2, 0) is 0 Å². The smallest absolute Gasteiger partial charge is 0.212 e. The topological polar surface area (TPSA) is 60.8 Å². The minimum atomic E-state index is -0.587. The minimum Gasteiger partial charge on any atom is -0.497 e. The summed E-state index contributed by atoms with van der Waals surface area (Å²) in [4.78, 5) is 4.18. The van der Waals surface area contributed by atoms with E-state index in [1.165, 1.54) is 0 Å². The number of hydrogen-bond donors (Lipinski definition) is 1. The Morgan fingerprint density at radius 1 is 1.19 bits per heavy atom. The molecule has 2 heterocycles. The summed E-state index contributed by atoms with van der Waals surface area (Å²) < 4.78 is 16.2. The van der Waals surface area contributed by atoms with E-state index >= 15 is 0 Å². The van der Waals surface area contributed by atoms with Crippen molar-refractivity contribution in [3.8, 4) is 17.4 Å². The molecular weight excluding hydrogens is 270 g/mol. The van der Waals surface area contributed by atoms with Crippen LogP contribution in [0.15, 0.2) is 36.5 Å². The Morgan fingerprint density at radius 3 is 2.71 bits per heavy atom. The van der Waals surface area contributed by atoms with Crippen molar-refractivity contribution >= 4 is 0 Å². The second-order valence-electron chi connectivity index (χ2n) is 4.90.